The van der Waals surface area contributed by atoms with Crippen LogP contribution in [0.25, 0.3) is 0 Å². The standard InChI is InChI=1S/C17H24OS2/c1-12-17(20-10-9-19-12)16(18)11-14-7-4-6-13-5-2-3-8-15(13)14/h2-3,5,8,12,14,16-18H,4,6-7,9-11H2,1H3. The van der Waals surface area contributed by atoms with Crippen molar-refractivity contribution >= 4 is 23.5 Å². The molecule has 0 amide bonds. The monoisotopic (exact) mass is 308 g/mol. The lowest BCUT2D eigenvalue weighted by Crippen LogP contribution is -2.36. The molecule has 1 saturated heterocycles. The summed E-state index contributed by atoms with van der Waals surface area (Å²) >= 11 is 4.00. The Morgan fingerprint density at radius 2 is 2.05 bits per heavy atom. The number of thioether (sulfide) groups is 2. The van der Waals surface area contributed by atoms with E-state index in [1.165, 1.54) is 41.9 Å². The highest BCUT2D eigenvalue weighted by molar-refractivity contribution is 8.07. The number of aliphatic hydroxyl groups excluding tert-OH is 1. The molecule has 0 saturated carbocycles. The van der Waals surface area contributed by atoms with Gasteiger partial charge in [0.25, 0.3) is 0 Å². The Balaban J connectivity index is 1.69. The van der Waals surface area contributed by atoms with E-state index in [-0.39, 0.29) is 6.10 Å². The molecule has 3 rings (SSSR count). The fourth-order valence-electron chi connectivity index (χ4n) is 3.60. The van der Waals surface area contributed by atoms with Gasteiger partial charge in [-0.3, -0.25) is 0 Å². The van der Waals surface area contributed by atoms with Gasteiger partial charge in [-0.1, -0.05) is 31.2 Å². The van der Waals surface area contributed by atoms with Crippen molar-refractivity contribution in [2.75, 3.05) is 11.5 Å². The molecule has 20 heavy (non-hydrogen) atoms. The maximum atomic E-state index is 10.7. The first-order chi connectivity index (χ1) is 9.75. The average molecular weight is 309 g/mol. The molecule has 0 bridgehead atoms. The number of rotatable bonds is 3. The minimum Gasteiger partial charge on any atom is -0.392 e. The summed E-state index contributed by atoms with van der Waals surface area (Å²) in [5.74, 6) is 2.99. The summed E-state index contributed by atoms with van der Waals surface area (Å²) in [6, 6.07) is 8.84. The van der Waals surface area contributed by atoms with E-state index in [1.807, 2.05) is 23.5 Å². The Morgan fingerprint density at radius 1 is 1.25 bits per heavy atom. The van der Waals surface area contributed by atoms with E-state index in [1.54, 1.807) is 0 Å². The van der Waals surface area contributed by atoms with E-state index in [9.17, 15) is 5.11 Å². The molecule has 1 heterocycles. The van der Waals surface area contributed by atoms with E-state index in [0.29, 0.717) is 16.4 Å². The summed E-state index contributed by atoms with van der Waals surface area (Å²) in [6.07, 6.45) is 4.52. The van der Waals surface area contributed by atoms with Gasteiger partial charge in [0.1, 0.15) is 0 Å². The number of benzene rings is 1. The van der Waals surface area contributed by atoms with Crippen molar-refractivity contribution in [2.24, 2.45) is 0 Å². The highest BCUT2D eigenvalue weighted by atomic mass is 32.2. The Morgan fingerprint density at radius 3 is 2.90 bits per heavy atom. The molecule has 4 unspecified atom stereocenters. The summed E-state index contributed by atoms with van der Waals surface area (Å²) in [5, 5.41) is 11.7. The fourth-order valence-corrected chi connectivity index (χ4v) is 6.46. The molecule has 1 nitrogen and oxygen atoms in total. The zero-order chi connectivity index (χ0) is 13.9. The molecule has 1 N–H and O–H groups in total. The molecular formula is C17H24OS2. The molecule has 1 aromatic carbocycles. The molecular weight excluding hydrogens is 284 g/mol. The van der Waals surface area contributed by atoms with Crippen LogP contribution in [0.5, 0.6) is 0 Å². The molecule has 4 atom stereocenters. The van der Waals surface area contributed by atoms with Crippen LogP contribution in [0.3, 0.4) is 0 Å². The van der Waals surface area contributed by atoms with E-state index < -0.39 is 0 Å². The van der Waals surface area contributed by atoms with Crippen molar-refractivity contribution < 1.29 is 5.11 Å². The highest BCUT2D eigenvalue weighted by Crippen LogP contribution is 2.39. The lowest BCUT2D eigenvalue weighted by Gasteiger charge is -2.34. The number of aliphatic hydroxyl groups is 1. The molecule has 1 aromatic rings. The van der Waals surface area contributed by atoms with Crippen molar-refractivity contribution in [3.63, 3.8) is 0 Å². The summed E-state index contributed by atoms with van der Waals surface area (Å²) < 4.78 is 0. The van der Waals surface area contributed by atoms with Crippen LogP contribution in [-0.2, 0) is 6.42 Å². The third-order valence-electron chi connectivity index (χ3n) is 4.64. The molecule has 1 aliphatic carbocycles. The van der Waals surface area contributed by atoms with Gasteiger partial charge in [0.05, 0.1) is 6.10 Å². The lowest BCUT2D eigenvalue weighted by atomic mass is 9.79. The summed E-state index contributed by atoms with van der Waals surface area (Å²) in [7, 11) is 0. The summed E-state index contributed by atoms with van der Waals surface area (Å²) in [5.41, 5.74) is 3.01. The van der Waals surface area contributed by atoms with E-state index >= 15 is 0 Å². The van der Waals surface area contributed by atoms with Gasteiger partial charge in [-0.25, -0.2) is 0 Å². The number of hydrogen-bond acceptors (Lipinski definition) is 3. The van der Waals surface area contributed by atoms with Crippen molar-refractivity contribution in [3.8, 4) is 0 Å². The molecule has 3 heteroatoms. The minimum atomic E-state index is -0.154. The Labute approximate surface area is 130 Å². The predicted octanol–water partition coefficient (Wildman–Crippen LogP) is 4.09. The van der Waals surface area contributed by atoms with Crippen molar-refractivity contribution in [3.05, 3.63) is 35.4 Å². The van der Waals surface area contributed by atoms with Gasteiger partial charge in [0, 0.05) is 22.0 Å². The maximum absolute atomic E-state index is 10.7. The van der Waals surface area contributed by atoms with Gasteiger partial charge in [0.15, 0.2) is 0 Å². The van der Waals surface area contributed by atoms with Gasteiger partial charge in [0.2, 0.25) is 0 Å². The largest absolute Gasteiger partial charge is 0.392 e. The molecule has 0 spiro atoms. The quantitative estimate of drug-likeness (QED) is 0.908. The van der Waals surface area contributed by atoms with Crippen LogP contribution in [0.2, 0.25) is 0 Å². The first-order valence-corrected chi connectivity index (χ1v) is 9.84. The third-order valence-corrected chi connectivity index (χ3v) is 7.87. The van der Waals surface area contributed by atoms with Crippen LogP contribution in [0, 0.1) is 0 Å². The smallest absolute Gasteiger partial charge is 0.0675 e. The average Bonchev–Trinajstić information content (AvgIpc) is 2.48. The third kappa shape index (κ3) is 3.20. The van der Waals surface area contributed by atoms with E-state index in [0.717, 1.165) is 6.42 Å². The minimum absolute atomic E-state index is 0.154. The molecule has 0 aromatic heterocycles. The SMILES string of the molecule is CC1SCCSC1C(O)CC1CCCc2ccccc21. The summed E-state index contributed by atoms with van der Waals surface area (Å²) in [6.45, 7) is 2.28. The topological polar surface area (TPSA) is 20.2 Å². The normalized spacial score (nSPS) is 31.6. The van der Waals surface area contributed by atoms with Crippen molar-refractivity contribution in [2.45, 2.75) is 55.1 Å². The van der Waals surface area contributed by atoms with Crippen LogP contribution in [0.15, 0.2) is 24.3 Å². The van der Waals surface area contributed by atoms with Gasteiger partial charge in [-0.2, -0.15) is 23.5 Å². The van der Waals surface area contributed by atoms with Crippen molar-refractivity contribution in [1.82, 2.24) is 0 Å². The fraction of sp³-hybridized carbons (Fsp3) is 0.647. The zero-order valence-electron chi connectivity index (χ0n) is 12.1. The first kappa shape index (κ1) is 14.8. The van der Waals surface area contributed by atoms with E-state index in [2.05, 4.69) is 31.2 Å². The Bertz CT molecular complexity index is 448. The maximum Gasteiger partial charge on any atom is 0.0675 e. The molecule has 1 aliphatic heterocycles. The van der Waals surface area contributed by atoms with Crippen LogP contribution in [-0.4, -0.2) is 33.2 Å². The molecule has 0 radical (unpaired) electrons. The second-order valence-corrected chi connectivity index (χ2v) is 8.77. The lowest BCUT2D eigenvalue weighted by molar-refractivity contribution is 0.148. The predicted molar refractivity (Wildman–Crippen MR) is 90.9 cm³/mol. The number of aryl methyl sites for hydroxylation is 1. The summed E-state index contributed by atoms with van der Waals surface area (Å²) in [4.78, 5) is 0. The second-order valence-electron chi connectivity index (χ2n) is 6.00. The van der Waals surface area contributed by atoms with Crippen LogP contribution < -0.4 is 0 Å². The molecule has 1 fully saturated rings. The number of hydrogen-bond donors (Lipinski definition) is 1. The molecule has 2 aliphatic rings. The first-order valence-electron chi connectivity index (χ1n) is 7.75. The van der Waals surface area contributed by atoms with Gasteiger partial charge in [-0.05, 0) is 42.7 Å². The van der Waals surface area contributed by atoms with Gasteiger partial charge in [-0.15, -0.1) is 0 Å². The van der Waals surface area contributed by atoms with Crippen LogP contribution in [0.4, 0.5) is 0 Å². The Kier molecular flexibility index (Phi) is 5.00. The number of fused-ring (bicyclic) bond motifs is 1. The molecule has 110 valence electrons. The van der Waals surface area contributed by atoms with Gasteiger partial charge < -0.3 is 5.11 Å². The zero-order valence-corrected chi connectivity index (χ0v) is 13.8. The second kappa shape index (κ2) is 6.76. The highest BCUT2D eigenvalue weighted by Gasteiger charge is 2.32. The van der Waals surface area contributed by atoms with E-state index in [4.69, 9.17) is 0 Å². The van der Waals surface area contributed by atoms with Gasteiger partial charge >= 0.3 is 0 Å². The Hall–Kier alpha value is -0.120. The van der Waals surface area contributed by atoms with Crippen LogP contribution in [0.1, 0.15) is 43.2 Å². The van der Waals surface area contributed by atoms with Crippen LogP contribution >= 0.6 is 23.5 Å². The van der Waals surface area contributed by atoms with Crippen molar-refractivity contribution in [1.29, 1.82) is 0 Å².